The molecule has 4 rings (SSSR count). The molecule has 1 atom stereocenters. The Kier molecular flexibility index (Phi) is 5.30. The fraction of sp³-hybridized carbons (Fsp3) is 0.273. The van der Waals surface area contributed by atoms with E-state index >= 15 is 0 Å². The molecule has 5 heteroatoms. The molecule has 0 spiro atoms. The molecule has 3 aromatic rings. The lowest BCUT2D eigenvalue weighted by atomic mass is 10.1. The first-order valence-corrected chi connectivity index (χ1v) is 10.2. The Hall–Kier alpha value is -2.53. The first kappa shape index (κ1) is 17.9. The van der Waals surface area contributed by atoms with Gasteiger partial charge in [0.25, 0.3) is 0 Å². The van der Waals surface area contributed by atoms with Crippen LogP contribution in [0.25, 0.3) is 0 Å². The van der Waals surface area contributed by atoms with Crippen LogP contribution in [0.3, 0.4) is 0 Å². The topological polar surface area (TPSA) is 57.8 Å². The third kappa shape index (κ3) is 4.61. The summed E-state index contributed by atoms with van der Waals surface area (Å²) in [4.78, 5) is 20.9. The number of aromatic nitrogens is 2. The number of nitrogens with zero attached hydrogens (tertiary/aromatic N) is 1. The quantitative estimate of drug-likeness (QED) is 0.599. The molecule has 0 aliphatic heterocycles. The van der Waals surface area contributed by atoms with Gasteiger partial charge in [-0.2, -0.15) is 0 Å². The lowest BCUT2D eigenvalue weighted by Crippen LogP contribution is -2.29. The van der Waals surface area contributed by atoms with Crippen molar-refractivity contribution in [1.82, 2.24) is 15.3 Å². The summed E-state index contributed by atoms with van der Waals surface area (Å²) in [6.07, 6.45) is 2.95. The molecule has 2 N–H and O–H groups in total. The van der Waals surface area contributed by atoms with Crippen molar-refractivity contribution in [2.24, 2.45) is 0 Å². The van der Waals surface area contributed by atoms with Gasteiger partial charge >= 0.3 is 0 Å². The number of carbonyl (C=O) groups excluding carboxylic acids is 1. The fourth-order valence-electron chi connectivity index (χ4n) is 3.00. The van der Waals surface area contributed by atoms with Gasteiger partial charge in [-0.25, -0.2) is 4.98 Å². The summed E-state index contributed by atoms with van der Waals surface area (Å²) in [6, 6.07) is 20.6. The normalized spacial score (nSPS) is 14.7. The van der Waals surface area contributed by atoms with E-state index in [1.807, 2.05) is 55.5 Å². The van der Waals surface area contributed by atoms with Crippen LogP contribution in [0.1, 0.15) is 40.6 Å². The van der Waals surface area contributed by atoms with Crippen molar-refractivity contribution in [2.75, 3.05) is 0 Å². The molecule has 0 unspecified atom stereocenters. The zero-order chi connectivity index (χ0) is 18.6. The van der Waals surface area contributed by atoms with Gasteiger partial charge < -0.3 is 10.3 Å². The maximum atomic E-state index is 12.8. The minimum atomic E-state index is -0.304. The Morgan fingerprint density at radius 2 is 1.81 bits per heavy atom. The van der Waals surface area contributed by atoms with Gasteiger partial charge in [-0.3, -0.25) is 4.79 Å². The molecule has 0 saturated heterocycles. The predicted octanol–water partition coefficient (Wildman–Crippen LogP) is 4.42. The van der Waals surface area contributed by atoms with E-state index in [0.29, 0.717) is 6.04 Å². The van der Waals surface area contributed by atoms with Crippen molar-refractivity contribution in [2.45, 2.75) is 42.6 Å². The van der Waals surface area contributed by atoms with Crippen molar-refractivity contribution in [3.05, 3.63) is 83.2 Å². The molecule has 4 nitrogen and oxygen atoms in total. The lowest BCUT2D eigenvalue weighted by Gasteiger charge is -2.15. The van der Waals surface area contributed by atoms with Crippen LogP contribution in [0.15, 0.2) is 65.8 Å². The van der Waals surface area contributed by atoms with Crippen molar-refractivity contribution >= 4 is 17.7 Å². The van der Waals surface area contributed by atoms with Gasteiger partial charge in [-0.05, 0) is 30.9 Å². The molecule has 1 heterocycles. The molecule has 0 radical (unpaired) electrons. The Morgan fingerprint density at radius 3 is 2.48 bits per heavy atom. The lowest BCUT2D eigenvalue weighted by molar-refractivity contribution is -0.120. The Bertz CT molecular complexity index is 904. The predicted molar refractivity (Wildman–Crippen MR) is 109 cm³/mol. The smallest absolute Gasteiger partial charge is 0.238 e. The molecule has 0 bridgehead atoms. The van der Waals surface area contributed by atoms with Crippen molar-refractivity contribution in [1.29, 1.82) is 0 Å². The van der Waals surface area contributed by atoms with Gasteiger partial charge in [-0.1, -0.05) is 72.4 Å². The largest absolute Gasteiger partial charge is 0.352 e. The molecule has 1 aliphatic rings. The van der Waals surface area contributed by atoms with Crippen LogP contribution in [0.4, 0.5) is 0 Å². The van der Waals surface area contributed by atoms with E-state index in [4.69, 9.17) is 4.98 Å². The standard InChI is InChI=1S/C22H23N3OS/c1-15-19(14-16-8-4-2-5-9-16)25-22(23-15)27-20(17-10-6-3-7-11-17)21(26)24-18-12-13-18/h2-11,18,20H,12-14H2,1H3,(H,23,25)(H,24,26)/t20-/m0/s1. The van der Waals surface area contributed by atoms with Crippen molar-refractivity contribution < 1.29 is 4.79 Å². The molecule has 1 saturated carbocycles. The van der Waals surface area contributed by atoms with Crippen molar-refractivity contribution in [3.8, 4) is 0 Å². The number of hydrogen-bond donors (Lipinski definition) is 2. The van der Waals surface area contributed by atoms with E-state index in [9.17, 15) is 4.79 Å². The van der Waals surface area contributed by atoms with Crippen LogP contribution in [0.2, 0.25) is 0 Å². The van der Waals surface area contributed by atoms with E-state index in [1.54, 1.807) is 0 Å². The number of benzene rings is 2. The summed E-state index contributed by atoms with van der Waals surface area (Å²) >= 11 is 1.49. The molecule has 1 amide bonds. The Balaban J connectivity index is 1.54. The molecular formula is C22H23N3OS. The zero-order valence-electron chi connectivity index (χ0n) is 15.3. The van der Waals surface area contributed by atoms with E-state index < -0.39 is 0 Å². The van der Waals surface area contributed by atoms with Crippen LogP contribution >= 0.6 is 11.8 Å². The second-order valence-corrected chi connectivity index (χ2v) is 8.06. The second-order valence-electron chi connectivity index (χ2n) is 6.97. The number of thioether (sulfide) groups is 1. The highest BCUT2D eigenvalue weighted by Gasteiger charge is 2.29. The van der Waals surface area contributed by atoms with Crippen LogP contribution in [0, 0.1) is 6.92 Å². The number of aryl methyl sites for hydroxylation is 1. The van der Waals surface area contributed by atoms with Crippen LogP contribution < -0.4 is 5.32 Å². The van der Waals surface area contributed by atoms with Gasteiger partial charge in [0, 0.05) is 18.2 Å². The molecule has 138 valence electrons. The minimum absolute atomic E-state index is 0.0624. The summed E-state index contributed by atoms with van der Waals surface area (Å²) in [6.45, 7) is 2.04. The third-order valence-corrected chi connectivity index (χ3v) is 5.81. The number of carbonyl (C=O) groups is 1. The summed E-state index contributed by atoms with van der Waals surface area (Å²) in [5.41, 5.74) is 4.31. The number of aromatic amines is 1. The number of amides is 1. The maximum Gasteiger partial charge on any atom is 0.238 e. The van der Waals surface area contributed by atoms with Crippen LogP contribution in [0.5, 0.6) is 0 Å². The number of hydrogen-bond acceptors (Lipinski definition) is 3. The van der Waals surface area contributed by atoms with E-state index in [1.165, 1.54) is 17.3 Å². The first-order valence-electron chi connectivity index (χ1n) is 9.30. The molecule has 1 fully saturated rings. The number of H-pyrrole nitrogens is 1. The van der Waals surface area contributed by atoms with Crippen molar-refractivity contribution in [3.63, 3.8) is 0 Å². The van der Waals surface area contributed by atoms with E-state index in [2.05, 4.69) is 22.4 Å². The molecule has 27 heavy (non-hydrogen) atoms. The molecule has 1 aliphatic carbocycles. The summed E-state index contributed by atoms with van der Waals surface area (Å²) in [5, 5.41) is 3.62. The maximum absolute atomic E-state index is 12.8. The summed E-state index contributed by atoms with van der Waals surface area (Å²) in [7, 11) is 0. The summed E-state index contributed by atoms with van der Waals surface area (Å²) < 4.78 is 0. The SMILES string of the molecule is Cc1[nH]c(S[C@H](C(=O)NC2CC2)c2ccccc2)nc1Cc1ccccc1. The number of rotatable bonds is 7. The van der Waals surface area contributed by atoms with Crippen LogP contribution in [-0.2, 0) is 11.2 Å². The first-order chi connectivity index (χ1) is 13.2. The molecule has 2 aromatic carbocycles. The number of nitrogens with one attached hydrogen (secondary N) is 2. The monoisotopic (exact) mass is 377 g/mol. The van der Waals surface area contributed by atoms with Gasteiger partial charge in [0.2, 0.25) is 5.91 Å². The Morgan fingerprint density at radius 1 is 1.15 bits per heavy atom. The van der Waals surface area contributed by atoms with Gasteiger partial charge in [-0.15, -0.1) is 0 Å². The average Bonchev–Trinajstić information content (AvgIpc) is 3.44. The van der Waals surface area contributed by atoms with E-state index in [-0.39, 0.29) is 11.2 Å². The highest BCUT2D eigenvalue weighted by molar-refractivity contribution is 8.00. The Labute approximate surface area is 163 Å². The zero-order valence-corrected chi connectivity index (χ0v) is 16.1. The average molecular weight is 378 g/mol. The summed E-state index contributed by atoms with van der Waals surface area (Å²) in [5.74, 6) is 0.0624. The highest BCUT2D eigenvalue weighted by Crippen LogP contribution is 2.35. The molecular weight excluding hydrogens is 354 g/mol. The number of imidazole rings is 1. The van der Waals surface area contributed by atoms with Gasteiger partial charge in [0.15, 0.2) is 5.16 Å². The van der Waals surface area contributed by atoms with Gasteiger partial charge in [0.1, 0.15) is 5.25 Å². The highest BCUT2D eigenvalue weighted by atomic mass is 32.2. The minimum Gasteiger partial charge on any atom is -0.352 e. The molecule has 1 aromatic heterocycles. The van der Waals surface area contributed by atoms with Crippen LogP contribution in [-0.4, -0.2) is 21.9 Å². The second kappa shape index (κ2) is 8.01. The fourth-order valence-corrected chi connectivity index (χ4v) is 4.07. The third-order valence-electron chi connectivity index (χ3n) is 4.67. The van der Waals surface area contributed by atoms with Gasteiger partial charge in [0.05, 0.1) is 5.69 Å². The van der Waals surface area contributed by atoms with E-state index in [0.717, 1.165) is 41.4 Å².